The van der Waals surface area contributed by atoms with E-state index >= 15 is 0 Å². The number of hydrogen-bond acceptors (Lipinski definition) is 8. The quantitative estimate of drug-likeness (QED) is 0.540. The van der Waals surface area contributed by atoms with Crippen molar-refractivity contribution in [1.82, 2.24) is 25.1 Å². The Morgan fingerprint density at radius 1 is 1.31 bits per heavy atom. The lowest BCUT2D eigenvalue weighted by atomic mass is 9.98. The molecule has 0 bridgehead atoms. The van der Waals surface area contributed by atoms with E-state index in [1.165, 1.54) is 27.1 Å². The Bertz CT molecular complexity index is 964. The van der Waals surface area contributed by atoms with E-state index in [9.17, 15) is 4.79 Å². The number of amides is 1. The van der Waals surface area contributed by atoms with Gasteiger partial charge in [0.05, 0.1) is 24.4 Å². The number of aromatic nitrogens is 4. The first kappa shape index (κ1) is 19.2. The van der Waals surface area contributed by atoms with Crippen LogP contribution in [0.5, 0.6) is 0 Å². The van der Waals surface area contributed by atoms with Gasteiger partial charge in [0, 0.05) is 22.9 Å². The minimum Gasteiger partial charge on any atom is -0.376 e. The van der Waals surface area contributed by atoms with Gasteiger partial charge in [-0.25, -0.2) is 4.68 Å². The van der Waals surface area contributed by atoms with Crippen molar-refractivity contribution < 1.29 is 9.53 Å². The van der Waals surface area contributed by atoms with Crippen LogP contribution in [0.25, 0.3) is 0 Å². The third-order valence-electron chi connectivity index (χ3n) is 5.32. The molecule has 1 fully saturated rings. The third kappa shape index (κ3) is 3.98. The van der Waals surface area contributed by atoms with Crippen LogP contribution in [0.3, 0.4) is 0 Å². The van der Waals surface area contributed by atoms with Crippen molar-refractivity contribution in [2.45, 2.75) is 43.1 Å². The van der Waals surface area contributed by atoms with E-state index < -0.39 is 0 Å². The average molecular weight is 448 g/mol. The lowest BCUT2D eigenvalue weighted by Gasteiger charge is -2.35. The zero-order chi connectivity index (χ0) is 19.6. The van der Waals surface area contributed by atoms with E-state index in [1.54, 1.807) is 27.4 Å². The number of carbonyl (C=O) groups is 1. The average Bonchev–Trinajstić information content (AvgIpc) is 3.54. The Morgan fingerprint density at radius 3 is 3.10 bits per heavy atom. The molecule has 5 rings (SSSR count). The molecule has 1 saturated heterocycles. The van der Waals surface area contributed by atoms with Crippen LogP contribution in [0.1, 0.15) is 34.2 Å². The van der Waals surface area contributed by atoms with Crippen LogP contribution in [0.4, 0.5) is 0 Å². The van der Waals surface area contributed by atoms with Gasteiger partial charge in [-0.05, 0) is 58.1 Å². The number of nitrogens with zero attached hydrogens (tertiary/aromatic N) is 5. The molecule has 3 aromatic heterocycles. The van der Waals surface area contributed by atoms with E-state index in [2.05, 4.69) is 44.5 Å². The van der Waals surface area contributed by atoms with E-state index in [0.29, 0.717) is 17.5 Å². The maximum absolute atomic E-state index is 13.2. The fourth-order valence-corrected chi connectivity index (χ4v) is 6.47. The molecule has 2 atom stereocenters. The third-order valence-corrected chi connectivity index (χ3v) is 8.19. The fourth-order valence-electron chi connectivity index (χ4n) is 3.94. The van der Waals surface area contributed by atoms with Crippen LogP contribution in [-0.4, -0.2) is 56.0 Å². The largest absolute Gasteiger partial charge is 0.376 e. The molecule has 3 aromatic rings. The lowest BCUT2D eigenvalue weighted by Crippen LogP contribution is -2.40. The first-order chi connectivity index (χ1) is 14.3. The van der Waals surface area contributed by atoms with Crippen LogP contribution >= 0.6 is 34.4 Å². The summed E-state index contributed by atoms with van der Waals surface area (Å²) in [5, 5.41) is 16.9. The molecule has 0 radical (unpaired) electrons. The van der Waals surface area contributed by atoms with Gasteiger partial charge in [0.15, 0.2) is 0 Å². The molecule has 2 aliphatic rings. The van der Waals surface area contributed by atoms with Crippen molar-refractivity contribution >= 4 is 40.3 Å². The molecule has 0 aliphatic carbocycles. The fraction of sp³-hybridized carbons (Fsp3) is 0.474. The molecule has 0 saturated carbocycles. The number of ether oxygens (including phenoxy) is 1. The van der Waals surface area contributed by atoms with Gasteiger partial charge < -0.3 is 9.64 Å². The maximum Gasteiger partial charge on any atom is 0.233 e. The molecule has 7 nitrogen and oxygen atoms in total. The highest BCUT2D eigenvalue weighted by Crippen LogP contribution is 2.39. The smallest absolute Gasteiger partial charge is 0.233 e. The second kappa shape index (κ2) is 8.55. The highest BCUT2D eigenvalue weighted by atomic mass is 32.2. The van der Waals surface area contributed by atoms with Gasteiger partial charge in [0.2, 0.25) is 11.1 Å². The molecular formula is C19H21N5O2S3. The highest BCUT2D eigenvalue weighted by molar-refractivity contribution is 7.99. The number of hydrogen-bond donors (Lipinski definition) is 0. The summed E-state index contributed by atoms with van der Waals surface area (Å²) in [5.74, 6) is 0.449. The minimum absolute atomic E-state index is 0.0148. The first-order valence-corrected chi connectivity index (χ1v) is 12.4. The predicted molar refractivity (Wildman–Crippen MR) is 113 cm³/mol. The summed E-state index contributed by atoms with van der Waals surface area (Å²) in [5.41, 5.74) is 1.27. The van der Waals surface area contributed by atoms with Crippen molar-refractivity contribution in [3.8, 4) is 0 Å². The van der Waals surface area contributed by atoms with Crippen LogP contribution in [-0.2, 0) is 22.5 Å². The second-order valence-electron chi connectivity index (χ2n) is 7.12. The van der Waals surface area contributed by atoms with Crippen molar-refractivity contribution in [2.75, 3.05) is 18.9 Å². The Balaban J connectivity index is 1.29. The summed E-state index contributed by atoms with van der Waals surface area (Å²) < 4.78 is 7.45. The van der Waals surface area contributed by atoms with Crippen LogP contribution in [0.2, 0.25) is 0 Å². The van der Waals surface area contributed by atoms with Gasteiger partial charge in [-0.3, -0.25) is 4.79 Å². The van der Waals surface area contributed by atoms with E-state index in [-0.39, 0.29) is 18.1 Å². The van der Waals surface area contributed by atoms with Gasteiger partial charge in [0.1, 0.15) is 0 Å². The molecule has 0 N–H and O–H groups in total. The molecule has 5 heterocycles. The second-order valence-corrected chi connectivity index (χ2v) is 10.0. The zero-order valence-electron chi connectivity index (χ0n) is 15.8. The number of tetrazole rings is 1. The van der Waals surface area contributed by atoms with Gasteiger partial charge in [-0.15, -0.1) is 27.8 Å². The van der Waals surface area contributed by atoms with Gasteiger partial charge in [0.25, 0.3) is 0 Å². The maximum atomic E-state index is 13.2. The summed E-state index contributed by atoms with van der Waals surface area (Å²) in [6, 6.07) is 6.36. The minimum atomic E-state index is 0.0148. The number of thioether (sulfide) groups is 1. The van der Waals surface area contributed by atoms with E-state index in [1.807, 2.05) is 4.90 Å². The summed E-state index contributed by atoms with van der Waals surface area (Å²) in [6.45, 7) is 2.19. The predicted octanol–water partition coefficient (Wildman–Crippen LogP) is 3.24. The Hall–Kier alpha value is -1.75. The van der Waals surface area contributed by atoms with Crippen LogP contribution < -0.4 is 0 Å². The van der Waals surface area contributed by atoms with Crippen LogP contribution in [0.15, 0.2) is 34.1 Å². The zero-order valence-corrected chi connectivity index (χ0v) is 18.2. The Morgan fingerprint density at radius 2 is 2.28 bits per heavy atom. The summed E-state index contributed by atoms with van der Waals surface area (Å²) in [4.78, 5) is 17.8. The number of rotatable bonds is 6. The highest BCUT2D eigenvalue weighted by Gasteiger charge is 2.33. The van der Waals surface area contributed by atoms with Crippen molar-refractivity contribution in [1.29, 1.82) is 0 Å². The van der Waals surface area contributed by atoms with Crippen molar-refractivity contribution in [2.24, 2.45) is 0 Å². The standard InChI is InChI=1S/C19H21N5O2S3/c25-17(12-29-19-20-21-22-24(19)11-13-3-1-8-26-13)23-7-5-15-14(6-10-28-15)18(23)16-4-2-9-27-16/h2,4,6,9-10,13,18H,1,3,5,7-8,11-12H2/t13-,18-/m1/s1. The summed E-state index contributed by atoms with van der Waals surface area (Å²) in [6.07, 6.45) is 3.19. The normalized spacial score (nSPS) is 21.4. The number of thiophene rings is 2. The molecule has 0 spiro atoms. The molecule has 2 aliphatic heterocycles. The summed E-state index contributed by atoms with van der Waals surface area (Å²) in [7, 11) is 0. The number of fused-ring (bicyclic) bond motifs is 1. The van der Waals surface area contributed by atoms with E-state index in [0.717, 1.165) is 32.4 Å². The Kier molecular flexibility index (Phi) is 5.67. The molecule has 10 heteroatoms. The molecule has 152 valence electrons. The van der Waals surface area contributed by atoms with Crippen LogP contribution in [0, 0.1) is 0 Å². The van der Waals surface area contributed by atoms with E-state index in [4.69, 9.17) is 4.74 Å². The lowest BCUT2D eigenvalue weighted by molar-refractivity contribution is -0.130. The molecule has 29 heavy (non-hydrogen) atoms. The topological polar surface area (TPSA) is 73.1 Å². The molecular weight excluding hydrogens is 426 g/mol. The number of carbonyl (C=O) groups excluding carboxylic acids is 1. The Labute approximate surface area is 181 Å². The summed E-state index contributed by atoms with van der Waals surface area (Å²) >= 11 is 4.90. The van der Waals surface area contributed by atoms with Gasteiger partial charge >= 0.3 is 0 Å². The van der Waals surface area contributed by atoms with Crippen molar-refractivity contribution in [3.05, 3.63) is 44.3 Å². The molecule has 0 aromatic carbocycles. The molecule has 1 amide bonds. The SMILES string of the molecule is O=C(CSc1nnnn1C[C@H]1CCCO1)N1CCc2sccc2[C@@H]1c1cccs1. The first-order valence-electron chi connectivity index (χ1n) is 9.69. The molecule has 0 unspecified atom stereocenters. The van der Waals surface area contributed by atoms with Gasteiger partial charge in [-0.1, -0.05) is 17.8 Å². The monoisotopic (exact) mass is 447 g/mol. The van der Waals surface area contributed by atoms with Crippen molar-refractivity contribution in [3.63, 3.8) is 0 Å². The van der Waals surface area contributed by atoms with Gasteiger partial charge in [-0.2, -0.15) is 0 Å².